The normalized spacial score (nSPS) is 10.1. The van der Waals surface area contributed by atoms with E-state index in [4.69, 9.17) is 5.84 Å². The molecule has 0 spiro atoms. The number of aryl methyl sites for hydroxylation is 1. The van der Waals surface area contributed by atoms with Crippen molar-refractivity contribution < 1.29 is 4.79 Å². The molecule has 2 aromatic rings. The molecule has 1 amide bonds. The van der Waals surface area contributed by atoms with Gasteiger partial charge in [0.1, 0.15) is 5.82 Å². The van der Waals surface area contributed by atoms with Gasteiger partial charge in [0.2, 0.25) is 0 Å². The zero-order valence-corrected chi connectivity index (χ0v) is 11.3. The molecule has 0 atom stereocenters. The highest BCUT2D eigenvalue weighted by Gasteiger charge is 2.07. The average Bonchev–Trinajstić information content (AvgIpc) is 2.47. The quantitative estimate of drug-likeness (QED) is 0.558. The topological polar surface area (TPSA) is 92.9 Å². The van der Waals surface area contributed by atoms with Crippen LogP contribution in [0.4, 0.5) is 5.82 Å². The third kappa shape index (κ3) is 3.76. The Kier molecular flexibility index (Phi) is 4.62. The smallest absolute Gasteiger partial charge is 0.251 e. The standard InChI is InChI=1S/C14H17N5O/c1-10-8-12(9-13(18-10)19-15)14(20)17-7-4-11-2-5-16-6-3-11/h2-3,5-6,8-9H,4,7,15H2,1H3,(H,17,20)(H,18,19). The predicted octanol–water partition coefficient (Wildman–Crippen LogP) is 1.04. The van der Waals surface area contributed by atoms with Gasteiger partial charge in [-0.2, -0.15) is 0 Å². The minimum Gasteiger partial charge on any atom is -0.352 e. The summed E-state index contributed by atoms with van der Waals surface area (Å²) in [5.41, 5.74) is 4.86. The lowest BCUT2D eigenvalue weighted by molar-refractivity contribution is 0.0954. The van der Waals surface area contributed by atoms with E-state index in [2.05, 4.69) is 20.7 Å². The summed E-state index contributed by atoms with van der Waals surface area (Å²) in [5, 5.41) is 2.87. The van der Waals surface area contributed by atoms with Crippen LogP contribution in [0, 0.1) is 6.92 Å². The molecule has 4 N–H and O–H groups in total. The Bertz CT molecular complexity index is 585. The summed E-state index contributed by atoms with van der Waals surface area (Å²) in [6.07, 6.45) is 4.24. The molecular weight excluding hydrogens is 254 g/mol. The van der Waals surface area contributed by atoms with Gasteiger partial charge in [-0.25, -0.2) is 10.8 Å². The van der Waals surface area contributed by atoms with Crippen molar-refractivity contribution >= 4 is 11.7 Å². The van der Waals surface area contributed by atoms with Crippen LogP contribution in [0.2, 0.25) is 0 Å². The Labute approximate surface area is 117 Å². The molecule has 0 aliphatic carbocycles. The summed E-state index contributed by atoms with van der Waals surface area (Å²) >= 11 is 0. The average molecular weight is 271 g/mol. The van der Waals surface area contributed by atoms with Crippen LogP contribution >= 0.6 is 0 Å². The number of nitrogens with zero attached hydrogens (tertiary/aromatic N) is 2. The van der Waals surface area contributed by atoms with Gasteiger partial charge in [-0.05, 0) is 43.2 Å². The molecule has 0 saturated heterocycles. The van der Waals surface area contributed by atoms with Crippen molar-refractivity contribution in [1.29, 1.82) is 0 Å². The summed E-state index contributed by atoms with van der Waals surface area (Å²) in [6.45, 7) is 2.38. The molecule has 2 rings (SSSR count). The molecule has 0 saturated carbocycles. The molecule has 0 aromatic carbocycles. The van der Waals surface area contributed by atoms with Crippen LogP contribution in [0.5, 0.6) is 0 Å². The lowest BCUT2D eigenvalue weighted by Crippen LogP contribution is -2.26. The second kappa shape index (κ2) is 6.63. The van der Waals surface area contributed by atoms with E-state index in [0.29, 0.717) is 17.9 Å². The van der Waals surface area contributed by atoms with E-state index in [0.717, 1.165) is 17.7 Å². The number of aromatic nitrogens is 2. The fourth-order valence-electron chi connectivity index (χ4n) is 1.85. The third-order valence-corrected chi connectivity index (χ3v) is 2.81. The predicted molar refractivity (Wildman–Crippen MR) is 77.1 cm³/mol. The first kappa shape index (κ1) is 14.0. The number of anilines is 1. The molecule has 6 nitrogen and oxygen atoms in total. The van der Waals surface area contributed by atoms with E-state index in [1.165, 1.54) is 0 Å². The molecule has 0 aliphatic heterocycles. The molecule has 2 heterocycles. The molecule has 0 bridgehead atoms. The Morgan fingerprint density at radius 3 is 2.75 bits per heavy atom. The zero-order valence-electron chi connectivity index (χ0n) is 11.3. The summed E-state index contributed by atoms with van der Waals surface area (Å²) in [6, 6.07) is 7.20. The summed E-state index contributed by atoms with van der Waals surface area (Å²) < 4.78 is 0. The maximum Gasteiger partial charge on any atom is 0.251 e. The van der Waals surface area contributed by atoms with Crippen molar-refractivity contribution in [3.8, 4) is 0 Å². The SMILES string of the molecule is Cc1cc(C(=O)NCCc2ccncc2)cc(NN)n1. The Morgan fingerprint density at radius 2 is 2.05 bits per heavy atom. The van der Waals surface area contributed by atoms with Gasteiger partial charge in [0.05, 0.1) is 0 Å². The van der Waals surface area contributed by atoms with Gasteiger partial charge in [-0.15, -0.1) is 0 Å². The van der Waals surface area contributed by atoms with Crippen LogP contribution in [0.1, 0.15) is 21.6 Å². The van der Waals surface area contributed by atoms with Crippen molar-refractivity contribution in [2.75, 3.05) is 12.0 Å². The van der Waals surface area contributed by atoms with Gasteiger partial charge in [-0.3, -0.25) is 9.78 Å². The molecule has 0 unspecified atom stereocenters. The van der Waals surface area contributed by atoms with E-state index in [1.54, 1.807) is 24.5 Å². The molecule has 20 heavy (non-hydrogen) atoms. The van der Waals surface area contributed by atoms with Crippen LogP contribution < -0.4 is 16.6 Å². The van der Waals surface area contributed by atoms with E-state index in [1.807, 2.05) is 19.1 Å². The maximum atomic E-state index is 12.0. The molecule has 2 aromatic heterocycles. The van der Waals surface area contributed by atoms with E-state index >= 15 is 0 Å². The first-order chi connectivity index (χ1) is 9.69. The van der Waals surface area contributed by atoms with Gasteiger partial charge >= 0.3 is 0 Å². The number of hydrogen-bond donors (Lipinski definition) is 3. The Morgan fingerprint density at radius 1 is 1.30 bits per heavy atom. The number of amides is 1. The fourth-order valence-corrected chi connectivity index (χ4v) is 1.85. The zero-order chi connectivity index (χ0) is 14.4. The third-order valence-electron chi connectivity index (χ3n) is 2.81. The molecule has 0 radical (unpaired) electrons. The summed E-state index contributed by atoms with van der Waals surface area (Å²) in [7, 11) is 0. The minimum atomic E-state index is -0.138. The van der Waals surface area contributed by atoms with Gasteiger partial charge in [0, 0.05) is 30.2 Å². The van der Waals surface area contributed by atoms with Crippen molar-refractivity contribution in [3.05, 3.63) is 53.5 Å². The largest absolute Gasteiger partial charge is 0.352 e. The number of pyridine rings is 2. The Hall–Kier alpha value is -2.47. The number of rotatable bonds is 5. The second-order valence-corrected chi connectivity index (χ2v) is 4.39. The highest BCUT2D eigenvalue weighted by atomic mass is 16.1. The molecular formula is C14H17N5O. The number of hydrogen-bond acceptors (Lipinski definition) is 5. The number of nitrogen functional groups attached to an aromatic ring is 1. The first-order valence-corrected chi connectivity index (χ1v) is 6.31. The second-order valence-electron chi connectivity index (χ2n) is 4.39. The maximum absolute atomic E-state index is 12.0. The van der Waals surface area contributed by atoms with Gasteiger partial charge < -0.3 is 10.7 Å². The highest BCUT2D eigenvalue weighted by molar-refractivity contribution is 5.94. The molecule has 6 heteroatoms. The van der Waals surface area contributed by atoms with Crippen molar-refractivity contribution in [2.45, 2.75) is 13.3 Å². The summed E-state index contributed by atoms with van der Waals surface area (Å²) in [5.74, 6) is 5.65. The minimum absolute atomic E-state index is 0.138. The van der Waals surface area contributed by atoms with E-state index in [9.17, 15) is 4.79 Å². The van der Waals surface area contributed by atoms with Crippen molar-refractivity contribution in [2.24, 2.45) is 5.84 Å². The van der Waals surface area contributed by atoms with Crippen molar-refractivity contribution in [1.82, 2.24) is 15.3 Å². The van der Waals surface area contributed by atoms with Crippen LogP contribution in [0.3, 0.4) is 0 Å². The Balaban J connectivity index is 1.93. The van der Waals surface area contributed by atoms with Crippen LogP contribution in [0.25, 0.3) is 0 Å². The number of carbonyl (C=O) groups excluding carboxylic acids is 1. The van der Waals surface area contributed by atoms with Crippen LogP contribution in [-0.2, 0) is 6.42 Å². The van der Waals surface area contributed by atoms with Gasteiger partial charge in [-0.1, -0.05) is 0 Å². The van der Waals surface area contributed by atoms with Crippen LogP contribution in [-0.4, -0.2) is 22.4 Å². The van der Waals surface area contributed by atoms with Crippen LogP contribution in [0.15, 0.2) is 36.7 Å². The van der Waals surface area contributed by atoms with E-state index < -0.39 is 0 Å². The van der Waals surface area contributed by atoms with E-state index in [-0.39, 0.29) is 5.91 Å². The molecule has 104 valence electrons. The number of carbonyl (C=O) groups is 1. The lowest BCUT2D eigenvalue weighted by Gasteiger charge is -2.08. The monoisotopic (exact) mass is 271 g/mol. The highest BCUT2D eigenvalue weighted by Crippen LogP contribution is 2.09. The number of nitrogens with two attached hydrogens (primary N) is 1. The van der Waals surface area contributed by atoms with Gasteiger partial charge in [0.25, 0.3) is 5.91 Å². The number of hydrazine groups is 1. The lowest BCUT2D eigenvalue weighted by atomic mass is 10.2. The number of nitrogens with one attached hydrogen (secondary N) is 2. The fraction of sp³-hybridized carbons (Fsp3) is 0.214. The molecule has 0 aliphatic rings. The van der Waals surface area contributed by atoms with Gasteiger partial charge in [0.15, 0.2) is 0 Å². The summed E-state index contributed by atoms with van der Waals surface area (Å²) in [4.78, 5) is 20.1. The van der Waals surface area contributed by atoms with Crippen molar-refractivity contribution in [3.63, 3.8) is 0 Å². The first-order valence-electron chi connectivity index (χ1n) is 6.31. The molecule has 0 fully saturated rings.